The number of carbonyl (C=O) groups excluding carboxylic acids is 1. The number of aromatic nitrogens is 4. The fraction of sp³-hybridized carbons (Fsp3) is 0.231. The molecule has 0 aliphatic rings. The van der Waals surface area contributed by atoms with Crippen LogP contribution in [0.25, 0.3) is 5.82 Å². The number of aryl methyl sites for hydroxylation is 1. The Balaban J connectivity index is 2.25. The highest BCUT2D eigenvalue weighted by molar-refractivity contribution is 9.10. The quantitative estimate of drug-likeness (QED) is 0.838. The monoisotopic (exact) mass is 385 g/mol. The van der Waals surface area contributed by atoms with Crippen molar-refractivity contribution in [2.24, 2.45) is 5.73 Å². The Kier molecular flexibility index (Phi) is 5.27. The zero-order valence-electron chi connectivity index (χ0n) is 12.1. The Bertz CT molecular complexity index is 814. The summed E-state index contributed by atoms with van der Waals surface area (Å²) in [6.45, 7) is 1.26. The van der Waals surface area contributed by atoms with E-state index in [2.05, 4.69) is 30.7 Å². The summed E-state index contributed by atoms with van der Waals surface area (Å²) in [5.41, 5.74) is 5.12. The third-order valence-corrected chi connectivity index (χ3v) is 3.32. The first-order chi connectivity index (χ1) is 10.9. The number of pyridine rings is 1. The van der Waals surface area contributed by atoms with Crippen molar-refractivity contribution in [1.82, 2.24) is 19.3 Å². The van der Waals surface area contributed by atoms with Crippen LogP contribution in [0.2, 0.25) is 0 Å². The first-order valence-electron chi connectivity index (χ1n) is 6.39. The van der Waals surface area contributed by atoms with Crippen LogP contribution in [0.5, 0.6) is 0 Å². The SMILES string of the molecule is Cc1cc(Br)cnc1-n1cnn(CC(=CF)COC(N)=O)c1=O. The minimum atomic E-state index is -1.03. The molecule has 0 unspecified atom stereocenters. The standard InChI is InChI=1S/C13H13BrFN5O3/c1-8-2-10(14)4-17-11(8)19-7-18-20(13(19)22)5-9(3-15)6-23-12(16)21/h2-4,7H,5-6H2,1H3,(H2,16,21). The summed E-state index contributed by atoms with van der Waals surface area (Å²) in [6, 6.07) is 1.81. The molecule has 0 aliphatic carbocycles. The molecule has 0 fully saturated rings. The summed E-state index contributed by atoms with van der Waals surface area (Å²) in [4.78, 5) is 27.0. The summed E-state index contributed by atoms with van der Waals surface area (Å²) in [5.74, 6) is 0.420. The molecule has 0 spiro atoms. The zero-order valence-corrected chi connectivity index (χ0v) is 13.7. The minimum Gasteiger partial charge on any atom is -0.445 e. The van der Waals surface area contributed by atoms with Gasteiger partial charge in [-0.15, -0.1) is 0 Å². The maximum absolute atomic E-state index is 12.8. The molecule has 10 heteroatoms. The van der Waals surface area contributed by atoms with Crippen LogP contribution in [-0.4, -0.2) is 32.0 Å². The van der Waals surface area contributed by atoms with Crippen molar-refractivity contribution in [1.29, 1.82) is 0 Å². The normalized spacial score (nSPS) is 11.5. The molecule has 2 rings (SSSR count). The molecule has 23 heavy (non-hydrogen) atoms. The molecule has 0 aliphatic heterocycles. The second-order valence-electron chi connectivity index (χ2n) is 4.61. The van der Waals surface area contributed by atoms with E-state index in [0.717, 1.165) is 14.7 Å². The summed E-state index contributed by atoms with van der Waals surface area (Å²) < 4.78 is 20.3. The van der Waals surface area contributed by atoms with Crippen molar-refractivity contribution in [3.63, 3.8) is 0 Å². The van der Waals surface area contributed by atoms with Gasteiger partial charge in [0.25, 0.3) is 0 Å². The number of amides is 1. The average Bonchev–Trinajstić information content (AvgIpc) is 2.84. The van der Waals surface area contributed by atoms with Gasteiger partial charge in [0.05, 0.1) is 12.9 Å². The van der Waals surface area contributed by atoms with Crippen LogP contribution in [0, 0.1) is 6.92 Å². The van der Waals surface area contributed by atoms with E-state index >= 15 is 0 Å². The molecule has 0 bridgehead atoms. The molecular weight excluding hydrogens is 373 g/mol. The van der Waals surface area contributed by atoms with Crippen LogP contribution in [-0.2, 0) is 11.3 Å². The van der Waals surface area contributed by atoms with E-state index in [1.165, 1.54) is 10.9 Å². The molecule has 0 atom stereocenters. The van der Waals surface area contributed by atoms with E-state index in [1.54, 1.807) is 19.2 Å². The van der Waals surface area contributed by atoms with Crippen LogP contribution in [0.4, 0.5) is 9.18 Å². The maximum Gasteiger partial charge on any atom is 0.404 e. The Hall–Kier alpha value is -2.49. The minimum absolute atomic E-state index is 0.0386. The molecule has 0 radical (unpaired) electrons. The number of nitrogens with two attached hydrogens (primary N) is 1. The van der Waals surface area contributed by atoms with Crippen LogP contribution in [0.15, 0.2) is 39.8 Å². The third-order valence-electron chi connectivity index (χ3n) is 2.89. The number of ether oxygens (including phenoxy) is 1. The molecule has 1 amide bonds. The molecular formula is C13H13BrFN5O3. The molecule has 0 saturated heterocycles. The van der Waals surface area contributed by atoms with Crippen LogP contribution < -0.4 is 11.4 Å². The molecule has 122 valence electrons. The highest BCUT2D eigenvalue weighted by Gasteiger charge is 2.12. The third kappa shape index (κ3) is 4.03. The van der Waals surface area contributed by atoms with E-state index < -0.39 is 11.8 Å². The Morgan fingerprint density at radius 2 is 2.30 bits per heavy atom. The second-order valence-corrected chi connectivity index (χ2v) is 5.53. The topological polar surface area (TPSA) is 105 Å². The van der Waals surface area contributed by atoms with Gasteiger partial charge < -0.3 is 10.5 Å². The first kappa shape index (κ1) is 16.9. The van der Waals surface area contributed by atoms with Crippen LogP contribution in [0.3, 0.4) is 0 Å². The van der Waals surface area contributed by atoms with Gasteiger partial charge in [-0.2, -0.15) is 5.10 Å². The number of carbonyl (C=O) groups is 1. The highest BCUT2D eigenvalue weighted by atomic mass is 79.9. The van der Waals surface area contributed by atoms with Gasteiger partial charge in [0, 0.05) is 16.2 Å². The molecule has 0 saturated carbocycles. The van der Waals surface area contributed by atoms with Gasteiger partial charge in [0.1, 0.15) is 18.8 Å². The molecule has 2 aromatic heterocycles. The van der Waals surface area contributed by atoms with E-state index in [-0.39, 0.29) is 25.1 Å². The zero-order chi connectivity index (χ0) is 17.0. The highest BCUT2D eigenvalue weighted by Crippen LogP contribution is 2.15. The number of primary amides is 1. The van der Waals surface area contributed by atoms with Crippen molar-refractivity contribution in [3.05, 3.63) is 51.0 Å². The number of hydrogen-bond donors (Lipinski definition) is 1. The lowest BCUT2D eigenvalue weighted by atomic mass is 10.3. The molecule has 2 aromatic rings. The molecule has 0 aromatic carbocycles. The molecule has 8 nitrogen and oxygen atoms in total. The Morgan fingerprint density at radius 3 is 2.91 bits per heavy atom. The van der Waals surface area contributed by atoms with Crippen molar-refractivity contribution >= 4 is 22.0 Å². The number of hydrogen-bond acceptors (Lipinski definition) is 5. The fourth-order valence-electron chi connectivity index (χ4n) is 1.84. The van der Waals surface area contributed by atoms with E-state index in [0.29, 0.717) is 5.82 Å². The van der Waals surface area contributed by atoms with E-state index in [1.807, 2.05) is 0 Å². The largest absolute Gasteiger partial charge is 0.445 e. The predicted octanol–water partition coefficient (Wildman–Crippen LogP) is 1.45. The molecule has 2 heterocycles. The first-order valence-corrected chi connectivity index (χ1v) is 7.19. The summed E-state index contributed by atoms with van der Waals surface area (Å²) in [7, 11) is 0. The van der Waals surface area contributed by atoms with Crippen LogP contribution >= 0.6 is 15.9 Å². The second kappa shape index (κ2) is 7.18. The number of nitrogens with zero attached hydrogens (tertiary/aromatic N) is 4. The van der Waals surface area contributed by atoms with Crippen molar-refractivity contribution in [2.75, 3.05) is 6.61 Å². The van der Waals surface area contributed by atoms with Crippen molar-refractivity contribution in [2.45, 2.75) is 13.5 Å². The summed E-state index contributed by atoms with van der Waals surface area (Å²) >= 11 is 3.29. The van der Waals surface area contributed by atoms with Gasteiger partial charge in [-0.1, -0.05) is 0 Å². The van der Waals surface area contributed by atoms with E-state index in [9.17, 15) is 14.0 Å². The Labute approximate surface area is 138 Å². The van der Waals surface area contributed by atoms with Gasteiger partial charge in [0.2, 0.25) is 0 Å². The number of rotatable bonds is 5. The molecule has 2 N–H and O–H groups in total. The van der Waals surface area contributed by atoms with E-state index in [4.69, 9.17) is 5.73 Å². The van der Waals surface area contributed by atoms with Gasteiger partial charge in [-0.3, -0.25) is 0 Å². The van der Waals surface area contributed by atoms with Gasteiger partial charge in [-0.05, 0) is 34.5 Å². The van der Waals surface area contributed by atoms with Crippen molar-refractivity contribution < 1.29 is 13.9 Å². The summed E-state index contributed by atoms with van der Waals surface area (Å²) in [6.07, 6.45) is 2.06. The average molecular weight is 386 g/mol. The summed E-state index contributed by atoms with van der Waals surface area (Å²) in [5, 5.41) is 3.91. The maximum atomic E-state index is 12.8. The predicted molar refractivity (Wildman–Crippen MR) is 82.8 cm³/mol. The smallest absolute Gasteiger partial charge is 0.404 e. The Morgan fingerprint density at radius 1 is 1.57 bits per heavy atom. The lowest BCUT2D eigenvalue weighted by Crippen LogP contribution is -2.26. The lowest BCUT2D eigenvalue weighted by molar-refractivity contribution is 0.164. The number of halogens is 2. The van der Waals surface area contributed by atoms with Gasteiger partial charge in [-0.25, -0.2) is 28.2 Å². The van der Waals surface area contributed by atoms with Gasteiger partial charge in [0.15, 0.2) is 0 Å². The van der Waals surface area contributed by atoms with Gasteiger partial charge >= 0.3 is 11.8 Å². The van der Waals surface area contributed by atoms with Crippen molar-refractivity contribution in [3.8, 4) is 5.82 Å². The lowest BCUT2D eigenvalue weighted by Gasteiger charge is -2.06. The van der Waals surface area contributed by atoms with Crippen LogP contribution in [0.1, 0.15) is 5.56 Å². The fourth-order valence-corrected chi connectivity index (χ4v) is 2.29.